The molecule has 128 valence electrons. The van der Waals surface area contributed by atoms with Crippen molar-refractivity contribution in [2.45, 2.75) is 19.9 Å². The molecule has 1 amide bonds. The van der Waals surface area contributed by atoms with E-state index in [9.17, 15) is 9.18 Å². The van der Waals surface area contributed by atoms with Crippen LogP contribution in [0.15, 0.2) is 42.5 Å². The Morgan fingerprint density at radius 2 is 1.79 bits per heavy atom. The number of nitrogens with one attached hydrogen (secondary N) is 2. The molecule has 0 unspecified atom stereocenters. The number of carbonyl (C=O) groups is 1. The first-order chi connectivity index (χ1) is 11.4. The standard InChI is InChI=1S/C18H19Cl2FN2O/c1-11(2)18(12-3-6-14(21)7-4-12)22-10-17(24)23-16-8-5-13(19)9-15(16)20/h3-9,11,18,22H,10H2,1-2H3,(H,23,24)/t18-/m1/s1. The van der Waals surface area contributed by atoms with Crippen molar-refractivity contribution in [1.82, 2.24) is 5.32 Å². The molecule has 0 spiro atoms. The fraction of sp³-hybridized carbons (Fsp3) is 0.278. The summed E-state index contributed by atoms with van der Waals surface area (Å²) in [6, 6.07) is 11.1. The molecular formula is C18H19Cl2FN2O. The summed E-state index contributed by atoms with van der Waals surface area (Å²) in [6.07, 6.45) is 0. The summed E-state index contributed by atoms with van der Waals surface area (Å²) in [5.74, 6) is -0.259. The van der Waals surface area contributed by atoms with Gasteiger partial charge in [0.05, 0.1) is 17.3 Å². The highest BCUT2D eigenvalue weighted by molar-refractivity contribution is 6.36. The minimum absolute atomic E-state index is 0.0583. The molecule has 0 saturated heterocycles. The highest BCUT2D eigenvalue weighted by Gasteiger charge is 2.17. The van der Waals surface area contributed by atoms with E-state index in [2.05, 4.69) is 10.6 Å². The Morgan fingerprint density at radius 1 is 1.12 bits per heavy atom. The summed E-state index contributed by atoms with van der Waals surface area (Å²) in [5, 5.41) is 6.83. The zero-order valence-corrected chi connectivity index (χ0v) is 15.0. The highest BCUT2D eigenvalue weighted by atomic mass is 35.5. The third-order valence-electron chi connectivity index (χ3n) is 3.58. The predicted molar refractivity (Wildman–Crippen MR) is 97.1 cm³/mol. The summed E-state index contributed by atoms with van der Waals surface area (Å²) < 4.78 is 13.1. The third kappa shape index (κ3) is 5.20. The second-order valence-corrected chi connectivity index (χ2v) is 6.67. The lowest BCUT2D eigenvalue weighted by Crippen LogP contribution is -2.33. The molecule has 3 nitrogen and oxygen atoms in total. The van der Waals surface area contributed by atoms with Crippen LogP contribution in [0.3, 0.4) is 0 Å². The lowest BCUT2D eigenvalue weighted by molar-refractivity contribution is -0.115. The molecule has 0 aliphatic rings. The first kappa shape index (κ1) is 18.7. The van der Waals surface area contributed by atoms with E-state index in [-0.39, 0.29) is 30.2 Å². The molecule has 0 radical (unpaired) electrons. The van der Waals surface area contributed by atoms with E-state index in [1.165, 1.54) is 12.1 Å². The number of benzene rings is 2. The SMILES string of the molecule is CC(C)[C@@H](NCC(=O)Nc1ccc(Cl)cc1Cl)c1ccc(F)cc1. The van der Waals surface area contributed by atoms with Crippen molar-refractivity contribution in [3.05, 3.63) is 63.9 Å². The number of halogens is 3. The van der Waals surface area contributed by atoms with Crippen molar-refractivity contribution in [2.75, 3.05) is 11.9 Å². The normalized spacial score (nSPS) is 12.2. The molecule has 0 fully saturated rings. The van der Waals surface area contributed by atoms with Crippen molar-refractivity contribution in [2.24, 2.45) is 5.92 Å². The quantitative estimate of drug-likeness (QED) is 0.748. The Morgan fingerprint density at radius 3 is 2.38 bits per heavy atom. The van der Waals surface area contributed by atoms with Gasteiger partial charge >= 0.3 is 0 Å². The van der Waals surface area contributed by atoms with E-state index in [0.29, 0.717) is 15.7 Å². The van der Waals surface area contributed by atoms with Crippen LogP contribution in [0.2, 0.25) is 10.0 Å². The maximum atomic E-state index is 13.1. The first-order valence-electron chi connectivity index (χ1n) is 7.60. The molecule has 0 bridgehead atoms. The molecule has 6 heteroatoms. The van der Waals surface area contributed by atoms with Gasteiger partial charge < -0.3 is 10.6 Å². The topological polar surface area (TPSA) is 41.1 Å². The molecule has 2 aromatic carbocycles. The molecule has 0 heterocycles. The summed E-state index contributed by atoms with van der Waals surface area (Å²) in [4.78, 5) is 12.1. The molecule has 0 saturated carbocycles. The fourth-order valence-corrected chi connectivity index (χ4v) is 2.85. The number of rotatable bonds is 6. The Balaban J connectivity index is 1.98. The lowest BCUT2D eigenvalue weighted by atomic mass is 9.96. The Bertz CT molecular complexity index is 705. The van der Waals surface area contributed by atoms with Crippen LogP contribution in [0.5, 0.6) is 0 Å². The fourth-order valence-electron chi connectivity index (χ4n) is 2.40. The summed E-state index contributed by atoms with van der Waals surface area (Å²) in [5.41, 5.74) is 1.44. The van der Waals surface area contributed by atoms with Crippen molar-refractivity contribution in [3.8, 4) is 0 Å². The first-order valence-corrected chi connectivity index (χ1v) is 8.36. The van der Waals surface area contributed by atoms with Crippen LogP contribution < -0.4 is 10.6 Å². The average Bonchev–Trinajstić information content (AvgIpc) is 2.52. The minimum Gasteiger partial charge on any atom is -0.324 e. The minimum atomic E-state index is -0.281. The molecule has 24 heavy (non-hydrogen) atoms. The van der Waals surface area contributed by atoms with Crippen LogP contribution in [0.4, 0.5) is 10.1 Å². The second kappa shape index (κ2) is 8.47. The molecule has 0 aromatic heterocycles. The third-order valence-corrected chi connectivity index (χ3v) is 4.13. The van der Waals surface area contributed by atoms with Gasteiger partial charge in [0, 0.05) is 11.1 Å². The number of hydrogen-bond donors (Lipinski definition) is 2. The van der Waals surface area contributed by atoms with Crippen molar-refractivity contribution < 1.29 is 9.18 Å². The average molecular weight is 369 g/mol. The number of hydrogen-bond acceptors (Lipinski definition) is 2. The van der Waals surface area contributed by atoms with E-state index in [1.54, 1.807) is 30.3 Å². The largest absolute Gasteiger partial charge is 0.324 e. The van der Waals surface area contributed by atoms with Gasteiger partial charge in [-0.25, -0.2) is 4.39 Å². The molecule has 1 atom stereocenters. The van der Waals surface area contributed by atoms with E-state index in [0.717, 1.165) is 5.56 Å². The van der Waals surface area contributed by atoms with Crippen molar-refractivity contribution in [3.63, 3.8) is 0 Å². The maximum Gasteiger partial charge on any atom is 0.238 e. The monoisotopic (exact) mass is 368 g/mol. The lowest BCUT2D eigenvalue weighted by Gasteiger charge is -2.23. The summed E-state index contributed by atoms with van der Waals surface area (Å²) in [6.45, 7) is 4.18. The number of anilines is 1. The van der Waals surface area contributed by atoms with Gasteiger partial charge in [-0.15, -0.1) is 0 Å². The molecule has 2 rings (SSSR count). The van der Waals surface area contributed by atoms with Gasteiger partial charge in [-0.2, -0.15) is 0 Å². The van der Waals surface area contributed by atoms with Gasteiger partial charge in [-0.3, -0.25) is 4.79 Å². The number of carbonyl (C=O) groups excluding carboxylic acids is 1. The van der Waals surface area contributed by atoms with Gasteiger partial charge in [0.2, 0.25) is 5.91 Å². The van der Waals surface area contributed by atoms with Crippen molar-refractivity contribution >= 4 is 34.8 Å². The van der Waals surface area contributed by atoms with Crippen LogP contribution in [0, 0.1) is 11.7 Å². The van der Waals surface area contributed by atoms with Gasteiger partial charge in [-0.05, 0) is 41.8 Å². The van der Waals surface area contributed by atoms with Crippen LogP contribution in [0.25, 0.3) is 0 Å². The van der Waals surface area contributed by atoms with Gasteiger partial charge in [0.1, 0.15) is 5.82 Å². The Hall–Kier alpha value is -1.62. The zero-order valence-electron chi connectivity index (χ0n) is 13.4. The van der Waals surface area contributed by atoms with Crippen LogP contribution >= 0.6 is 23.2 Å². The van der Waals surface area contributed by atoms with E-state index in [1.807, 2.05) is 13.8 Å². The predicted octanol–water partition coefficient (Wildman–Crippen LogP) is 5.06. The molecule has 2 N–H and O–H groups in total. The van der Waals surface area contributed by atoms with Gasteiger partial charge in [0.15, 0.2) is 0 Å². The molecule has 2 aromatic rings. The van der Waals surface area contributed by atoms with Gasteiger partial charge in [0.25, 0.3) is 0 Å². The number of amides is 1. The summed E-state index contributed by atoms with van der Waals surface area (Å²) >= 11 is 11.9. The van der Waals surface area contributed by atoms with E-state index in [4.69, 9.17) is 23.2 Å². The van der Waals surface area contributed by atoms with Crippen LogP contribution in [-0.4, -0.2) is 12.5 Å². The van der Waals surface area contributed by atoms with Crippen molar-refractivity contribution in [1.29, 1.82) is 0 Å². The van der Waals surface area contributed by atoms with Crippen LogP contribution in [0.1, 0.15) is 25.5 Å². The molecule has 0 aliphatic heterocycles. The van der Waals surface area contributed by atoms with Gasteiger partial charge in [-0.1, -0.05) is 49.2 Å². The van der Waals surface area contributed by atoms with Crippen LogP contribution in [-0.2, 0) is 4.79 Å². The smallest absolute Gasteiger partial charge is 0.238 e. The summed E-state index contributed by atoms with van der Waals surface area (Å²) in [7, 11) is 0. The Kier molecular flexibility index (Phi) is 6.60. The second-order valence-electron chi connectivity index (χ2n) is 5.83. The van der Waals surface area contributed by atoms with E-state index >= 15 is 0 Å². The molecular weight excluding hydrogens is 350 g/mol. The van der Waals surface area contributed by atoms with E-state index < -0.39 is 0 Å². The zero-order chi connectivity index (χ0) is 17.7. The Labute approximate surface area is 151 Å². The molecule has 0 aliphatic carbocycles. The highest BCUT2D eigenvalue weighted by Crippen LogP contribution is 2.25. The maximum absolute atomic E-state index is 13.1.